The normalized spacial score (nSPS) is 21.8. The fourth-order valence-corrected chi connectivity index (χ4v) is 3.83. The lowest BCUT2D eigenvalue weighted by molar-refractivity contribution is -0.236. The average Bonchev–Trinajstić information content (AvgIpc) is 3.24. The maximum absolute atomic E-state index is 13.5. The van der Waals surface area contributed by atoms with Crippen molar-refractivity contribution >= 4 is 5.91 Å². The van der Waals surface area contributed by atoms with Crippen molar-refractivity contribution in [3.05, 3.63) is 54.5 Å². The number of nitrogens with one attached hydrogen (secondary N) is 1. The molecular weight excluding hydrogens is 427 g/mol. The van der Waals surface area contributed by atoms with Gasteiger partial charge in [-0.15, -0.1) is 0 Å². The van der Waals surface area contributed by atoms with Gasteiger partial charge in [0.15, 0.2) is 12.2 Å². The number of aromatic nitrogens is 4. The van der Waals surface area contributed by atoms with Crippen molar-refractivity contribution in [3.8, 4) is 22.6 Å². The summed E-state index contributed by atoms with van der Waals surface area (Å²) in [5.74, 6) is -0.259. The number of imidazole rings is 1. The van der Waals surface area contributed by atoms with Crippen molar-refractivity contribution in [2.75, 3.05) is 27.3 Å². The monoisotopic (exact) mass is 453 g/mol. The summed E-state index contributed by atoms with van der Waals surface area (Å²) in [6.45, 7) is 2.72. The van der Waals surface area contributed by atoms with Gasteiger partial charge in [0.2, 0.25) is 12.2 Å². The first-order valence-electron chi connectivity index (χ1n) is 10.5. The fourth-order valence-electron chi connectivity index (χ4n) is 3.83. The molecular formula is C23H26FN6O3. The van der Waals surface area contributed by atoms with E-state index in [9.17, 15) is 9.18 Å². The summed E-state index contributed by atoms with van der Waals surface area (Å²) in [5, 5.41) is 0. The molecule has 0 spiro atoms. The molecule has 0 saturated carbocycles. The van der Waals surface area contributed by atoms with Gasteiger partial charge in [0, 0.05) is 17.2 Å². The summed E-state index contributed by atoms with van der Waals surface area (Å²) in [6.07, 6.45) is 3.92. The van der Waals surface area contributed by atoms with Gasteiger partial charge in [-0.3, -0.25) is 9.69 Å². The van der Waals surface area contributed by atoms with Gasteiger partial charge in [0.05, 0.1) is 36.3 Å². The number of nitrogens with two attached hydrogens (primary N) is 1. The summed E-state index contributed by atoms with van der Waals surface area (Å²) >= 11 is 0. The second-order valence-corrected chi connectivity index (χ2v) is 8.74. The topological polar surface area (TPSA) is 119 Å². The van der Waals surface area contributed by atoms with E-state index in [1.807, 2.05) is 21.0 Å². The van der Waals surface area contributed by atoms with Crippen molar-refractivity contribution in [1.82, 2.24) is 24.8 Å². The van der Waals surface area contributed by atoms with Crippen LogP contribution in [0.25, 0.3) is 22.6 Å². The minimum absolute atomic E-state index is 0.336. The number of rotatable bonds is 7. The lowest BCUT2D eigenvalue weighted by Crippen LogP contribution is -2.47. The number of hydrogen-bond donors (Lipinski definition) is 2. The minimum Gasteiger partial charge on any atom is -0.368 e. The Labute approximate surface area is 191 Å². The first kappa shape index (κ1) is 23.0. The fraction of sp³-hybridized carbons (Fsp3) is 0.391. The van der Waals surface area contributed by atoms with Crippen LogP contribution in [0.2, 0.25) is 0 Å². The van der Waals surface area contributed by atoms with Gasteiger partial charge in [-0.2, -0.15) is 0 Å². The molecule has 1 amide bonds. The Morgan fingerprint density at radius 1 is 1.30 bits per heavy atom. The van der Waals surface area contributed by atoms with E-state index in [1.165, 1.54) is 12.1 Å². The molecule has 2 aromatic heterocycles. The summed E-state index contributed by atoms with van der Waals surface area (Å²) in [7, 11) is 3.64. The predicted octanol–water partition coefficient (Wildman–Crippen LogP) is 2.33. The van der Waals surface area contributed by atoms with Crippen LogP contribution in [0.15, 0.2) is 36.5 Å². The van der Waals surface area contributed by atoms with Gasteiger partial charge in [-0.25, -0.2) is 19.3 Å². The van der Waals surface area contributed by atoms with E-state index in [-0.39, 0.29) is 11.7 Å². The summed E-state index contributed by atoms with van der Waals surface area (Å²) in [4.78, 5) is 29.6. The van der Waals surface area contributed by atoms with Crippen molar-refractivity contribution in [1.29, 1.82) is 0 Å². The van der Waals surface area contributed by atoms with Crippen LogP contribution < -0.4 is 5.73 Å². The van der Waals surface area contributed by atoms with E-state index in [2.05, 4.69) is 21.3 Å². The zero-order chi connectivity index (χ0) is 23.6. The Morgan fingerprint density at radius 3 is 2.58 bits per heavy atom. The molecule has 3 aromatic rings. The third kappa shape index (κ3) is 5.08. The minimum atomic E-state index is -0.733. The van der Waals surface area contributed by atoms with E-state index < -0.39 is 17.7 Å². The second kappa shape index (κ2) is 9.34. The number of carbonyl (C=O) groups is 1. The molecule has 1 saturated heterocycles. The van der Waals surface area contributed by atoms with Crippen LogP contribution in [0.1, 0.15) is 25.5 Å². The molecule has 0 aliphatic carbocycles. The standard InChI is InChI=1S/C23H26FN6O3/c1-23(10-17(20(25)31)30(2)3)11-32-22(33-12-23)21-28-18(14-4-6-15(24)7-5-14)19(29-21)16-8-9-26-13-27-16/h4-9,17,22H,10-12H2,1-3H3,(H2,25,31)(H,28,29). The molecule has 3 N–H and O–H groups in total. The van der Waals surface area contributed by atoms with E-state index in [0.29, 0.717) is 48.1 Å². The van der Waals surface area contributed by atoms with Crippen molar-refractivity contribution in [3.63, 3.8) is 0 Å². The first-order valence-corrected chi connectivity index (χ1v) is 10.5. The number of amides is 1. The third-order valence-electron chi connectivity index (χ3n) is 5.66. The molecule has 4 rings (SSSR count). The first-order chi connectivity index (χ1) is 15.8. The van der Waals surface area contributed by atoms with E-state index in [1.54, 1.807) is 29.3 Å². The summed E-state index contributed by atoms with van der Waals surface area (Å²) < 4.78 is 25.5. The number of likely N-dealkylation sites (N-methyl/N-ethyl adjacent to an activating group) is 1. The molecule has 1 atom stereocenters. The van der Waals surface area contributed by atoms with Crippen molar-refractivity contribution in [2.24, 2.45) is 11.1 Å². The highest BCUT2D eigenvalue weighted by atomic mass is 19.1. The maximum atomic E-state index is 13.5. The summed E-state index contributed by atoms with van der Waals surface area (Å²) in [5.41, 5.74) is 7.66. The lowest BCUT2D eigenvalue weighted by atomic mass is 9.84. The highest BCUT2D eigenvalue weighted by molar-refractivity contribution is 5.80. The number of hydrogen-bond acceptors (Lipinski definition) is 7. The number of H-pyrrole nitrogens is 1. The van der Waals surface area contributed by atoms with E-state index >= 15 is 0 Å². The van der Waals surface area contributed by atoms with Gasteiger partial charge < -0.3 is 20.2 Å². The number of aromatic amines is 1. The van der Waals surface area contributed by atoms with Crippen molar-refractivity contribution < 1.29 is 18.7 Å². The molecule has 33 heavy (non-hydrogen) atoms. The van der Waals surface area contributed by atoms with Crippen LogP contribution in [0.4, 0.5) is 4.39 Å². The van der Waals surface area contributed by atoms with Gasteiger partial charge in [0.1, 0.15) is 5.82 Å². The zero-order valence-corrected chi connectivity index (χ0v) is 18.7. The number of primary amides is 1. The molecule has 1 aliphatic rings. The number of ether oxygens (including phenoxy) is 2. The van der Waals surface area contributed by atoms with Gasteiger partial charge >= 0.3 is 0 Å². The predicted molar refractivity (Wildman–Crippen MR) is 118 cm³/mol. The highest BCUT2D eigenvalue weighted by Gasteiger charge is 2.38. The Kier molecular flexibility index (Phi) is 6.50. The number of halogens is 1. The number of carbonyl (C=O) groups excluding carboxylic acids is 1. The molecule has 10 heteroatoms. The molecule has 1 aliphatic heterocycles. The average molecular weight is 453 g/mol. The van der Waals surface area contributed by atoms with Crippen LogP contribution in [0, 0.1) is 17.6 Å². The molecule has 9 nitrogen and oxygen atoms in total. The molecule has 1 fully saturated rings. The van der Waals surface area contributed by atoms with Crippen LogP contribution in [0.3, 0.4) is 0 Å². The maximum Gasteiger partial charge on any atom is 0.234 e. The Morgan fingerprint density at radius 2 is 2.00 bits per heavy atom. The number of nitrogens with zero attached hydrogens (tertiary/aromatic N) is 4. The largest absolute Gasteiger partial charge is 0.368 e. The second-order valence-electron chi connectivity index (χ2n) is 8.74. The summed E-state index contributed by atoms with van der Waals surface area (Å²) in [6, 6.07) is 7.35. The van der Waals surface area contributed by atoms with Crippen LogP contribution in [-0.4, -0.2) is 64.1 Å². The Balaban J connectivity index is 1.58. The molecule has 173 valence electrons. The third-order valence-corrected chi connectivity index (χ3v) is 5.66. The Bertz CT molecular complexity index is 1100. The molecule has 1 unspecified atom stereocenters. The zero-order valence-electron chi connectivity index (χ0n) is 18.7. The lowest BCUT2D eigenvalue weighted by Gasteiger charge is -2.39. The van der Waals surface area contributed by atoms with Crippen LogP contribution in [0.5, 0.6) is 0 Å². The molecule has 3 heterocycles. The Hall–Kier alpha value is -3.21. The van der Waals surface area contributed by atoms with Gasteiger partial charge in [-0.1, -0.05) is 6.92 Å². The SMILES string of the molecule is CN(C)C(CC1(C)COC(c2nc(-c3ccc(F)cc3)c(-c3ccn[c]n3)[nH]2)OC1)C(N)=O. The highest BCUT2D eigenvalue weighted by Crippen LogP contribution is 2.37. The van der Waals surface area contributed by atoms with Gasteiger partial charge in [-0.05, 0) is 50.8 Å². The molecule has 0 bridgehead atoms. The van der Waals surface area contributed by atoms with E-state index in [0.717, 1.165) is 0 Å². The molecule has 1 aromatic carbocycles. The van der Waals surface area contributed by atoms with Crippen LogP contribution in [-0.2, 0) is 14.3 Å². The quantitative estimate of drug-likeness (QED) is 0.563. The van der Waals surface area contributed by atoms with E-state index in [4.69, 9.17) is 20.2 Å². The van der Waals surface area contributed by atoms with Gasteiger partial charge in [0.25, 0.3) is 0 Å². The van der Waals surface area contributed by atoms with Crippen LogP contribution >= 0.6 is 0 Å². The van der Waals surface area contributed by atoms with Crippen molar-refractivity contribution in [2.45, 2.75) is 25.7 Å². The number of benzene rings is 1. The molecule has 1 radical (unpaired) electrons. The smallest absolute Gasteiger partial charge is 0.234 e.